The van der Waals surface area contributed by atoms with Crippen LogP contribution in [0.2, 0.25) is 0 Å². The van der Waals surface area contributed by atoms with E-state index in [9.17, 15) is 9.50 Å². The number of ether oxygens (including phenoxy) is 1. The average molecular weight is 384 g/mol. The second-order valence-corrected chi connectivity index (χ2v) is 8.22. The van der Waals surface area contributed by atoms with Crippen LogP contribution < -0.4 is 4.74 Å². The molecule has 1 heterocycles. The van der Waals surface area contributed by atoms with Crippen molar-refractivity contribution in [2.24, 2.45) is 5.92 Å². The summed E-state index contributed by atoms with van der Waals surface area (Å²) in [5.74, 6) is 0.870. The zero-order chi connectivity index (χ0) is 19.6. The van der Waals surface area contributed by atoms with Crippen molar-refractivity contribution in [3.05, 3.63) is 65.5 Å². The number of hydrogen-bond donors (Lipinski definition) is 1. The maximum atomic E-state index is 13.8. The molecular formula is C24H30FNO2. The molecule has 2 aromatic rings. The van der Waals surface area contributed by atoms with E-state index in [2.05, 4.69) is 17.0 Å². The van der Waals surface area contributed by atoms with Crippen LogP contribution in [0.4, 0.5) is 4.39 Å². The van der Waals surface area contributed by atoms with Crippen LogP contribution in [-0.4, -0.2) is 28.8 Å². The number of nitrogens with zero attached hydrogens (tertiary/aromatic N) is 1. The molecule has 0 aromatic heterocycles. The molecule has 4 heteroatoms. The molecule has 0 bridgehead atoms. The Balaban J connectivity index is 1.72. The third-order valence-electron chi connectivity index (χ3n) is 6.48. The molecule has 2 fully saturated rings. The van der Waals surface area contributed by atoms with Gasteiger partial charge in [0.05, 0.1) is 12.2 Å². The topological polar surface area (TPSA) is 32.7 Å². The summed E-state index contributed by atoms with van der Waals surface area (Å²) in [6.07, 6.45) is 4.91. The molecule has 1 aliphatic carbocycles. The Kier molecular flexibility index (Phi) is 5.70. The number of para-hydroxylation sites is 1. The maximum Gasteiger partial charge on any atom is 0.124 e. The van der Waals surface area contributed by atoms with Gasteiger partial charge < -0.3 is 9.84 Å². The Hall–Kier alpha value is -1.91. The predicted octanol–water partition coefficient (Wildman–Crippen LogP) is 5.09. The first-order valence-electron chi connectivity index (χ1n) is 10.5. The summed E-state index contributed by atoms with van der Waals surface area (Å²) < 4.78 is 19.7. The minimum Gasteiger partial charge on any atom is -0.494 e. The molecule has 1 saturated carbocycles. The number of rotatable bonds is 5. The number of benzene rings is 2. The fourth-order valence-electron chi connectivity index (χ4n) is 5.21. The van der Waals surface area contributed by atoms with Gasteiger partial charge >= 0.3 is 0 Å². The fraction of sp³-hybridized carbons (Fsp3) is 0.500. The quantitative estimate of drug-likeness (QED) is 0.780. The number of hydrogen-bond acceptors (Lipinski definition) is 3. The van der Waals surface area contributed by atoms with Crippen molar-refractivity contribution < 1.29 is 14.2 Å². The van der Waals surface area contributed by atoms with Gasteiger partial charge in [0, 0.05) is 30.6 Å². The highest BCUT2D eigenvalue weighted by atomic mass is 19.1. The molecule has 3 nitrogen and oxygen atoms in total. The lowest BCUT2D eigenvalue weighted by Crippen LogP contribution is -2.54. The van der Waals surface area contributed by atoms with Crippen LogP contribution in [0.5, 0.6) is 5.75 Å². The van der Waals surface area contributed by atoms with Crippen LogP contribution in [0.1, 0.15) is 56.2 Å². The second kappa shape index (κ2) is 8.22. The van der Waals surface area contributed by atoms with E-state index < -0.39 is 5.60 Å². The summed E-state index contributed by atoms with van der Waals surface area (Å²) in [6, 6.07) is 15.1. The Morgan fingerprint density at radius 3 is 2.82 bits per heavy atom. The molecule has 0 radical (unpaired) electrons. The Labute approximate surface area is 167 Å². The Bertz CT molecular complexity index is 811. The fourth-order valence-corrected chi connectivity index (χ4v) is 5.21. The van der Waals surface area contributed by atoms with Gasteiger partial charge in [-0.25, -0.2) is 4.39 Å². The van der Waals surface area contributed by atoms with Crippen LogP contribution in [-0.2, 0) is 6.54 Å². The highest BCUT2D eigenvalue weighted by Gasteiger charge is 2.49. The Morgan fingerprint density at radius 2 is 2.00 bits per heavy atom. The minimum atomic E-state index is -0.610. The normalized spacial score (nSPS) is 28.0. The molecule has 2 aliphatic rings. The van der Waals surface area contributed by atoms with Gasteiger partial charge in [0.1, 0.15) is 11.6 Å². The first-order valence-corrected chi connectivity index (χ1v) is 10.5. The smallest absolute Gasteiger partial charge is 0.124 e. The Morgan fingerprint density at radius 1 is 1.14 bits per heavy atom. The molecule has 1 saturated heterocycles. The van der Waals surface area contributed by atoms with E-state index in [4.69, 9.17) is 4.74 Å². The van der Waals surface area contributed by atoms with Gasteiger partial charge in [0.15, 0.2) is 0 Å². The summed E-state index contributed by atoms with van der Waals surface area (Å²) in [4.78, 5) is 2.41. The number of fused-ring (bicyclic) bond motifs is 1. The second-order valence-electron chi connectivity index (χ2n) is 8.22. The van der Waals surface area contributed by atoms with Gasteiger partial charge in [-0.2, -0.15) is 0 Å². The summed E-state index contributed by atoms with van der Waals surface area (Å²) >= 11 is 0. The van der Waals surface area contributed by atoms with Crippen molar-refractivity contribution in [1.82, 2.24) is 4.90 Å². The summed E-state index contributed by atoms with van der Waals surface area (Å²) in [7, 11) is 0. The zero-order valence-electron chi connectivity index (χ0n) is 16.6. The van der Waals surface area contributed by atoms with Crippen LogP contribution in [0, 0.1) is 11.7 Å². The van der Waals surface area contributed by atoms with Crippen molar-refractivity contribution in [2.75, 3.05) is 13.2 Å². The van der Waals surface area contributed by atoms with E-state index in [0.717, 1.165) is 55.5 Å². The van der Waals surface area contributed by atoms with E-state index in [1.54, 1.807) is 12.1 Å². The third-order valence-corrected chi connectivity index (χ3v) is 6.48. The molecule has 0 amide bonds. The molecule has 0 unspecified atom stereocenters. The molecule has 150 valence electrons. The van der Waals surface area contributed by atoms with Crippen LogP contribution >= 0.6 is 0 Å². The molecule has 4 rings (SSSR count). The number of likely N-dealkylation sites (tertiary alicyclic amines) is 1. The number of halogens is 1. The monoisotopic (exact) mass is 383 g/mol. The third kappa shape index (κ3) is 3.81. The lowest BCUT2D eigenvalue weighted by atomic mass is 9.66. The summed E-state index contributed by atoms with van der Waals surface area (Å²) in [6.45, 7) is 4.09. The summed E-state index contributed by atoms with van der Waals surface area (Å²) in [5, 5.41) is 11.4. The molecule has 28 heavy (non-hydrogen) atoms. The number of aliphatic hydroxyl groups is 1. The SMILES string of the molecule is CCOc1ccccc1[C@@H]1[C@@H]2CCCC[C@@]2(O)CCN1Cc1cccc(F)c1. The van der Waals surface area contributed by atoms with Crippen molar-refractivity contribution in [3.63, 3.8) is 0 Å². The van der Waals surface area contributed by atoms with Crippen LogP contribution in [0.3, 0.4) is 0 Å². The minimum absolute atomic E-state index is 0.0741. The van der Waals surface area contributed by atoms with Gasteiger partial charge in [0.25, 0.3) is 0 Å². The number of piperidine rings is 1. The van der Waals surface area contributed by atoms with Gasteiger partial charge in [-0.3, -0.25) is 4.90 Å². The van der Waals surface area contributed by atoms with Gasteiger partial charge in [-0.1, -0.05) is 43.2 Å². The highest BCUT2D eigenvalue weighted by molar-refractivity contribution is 5.37. The predicted molar refractivity (Wildman–Crippen MR) is 109 cm³/mol. The molecule has 1 N–H and O–H groups in total. The molecule has 1 aliphatic heterocycles. The van der Waals surface area contributed by atoms with E-state index in [1.807, 2.05) is 25.1 Å². The molecule has 3 atom stereocenters. The van der Waals surface area contributed by atoms with Crippen molar-refractivity contribution in [2.45, 2.75) is 57.2 Å². The van der Waals surface area contributed by atoms with E-state index in [0.29, 0.717) is 13.2 Å². The van der Waals surface area contributed by atoms with Crippen molar-refractivity contribution in [3.8, 4) is 5.75 Å². The summed E-state index contributed by atoms with van der Waals surface area (Å²) in [5.41, 5.74) is 1.51. The van der Waals surface area contributed by atoms with Crippen LogP contribution in [0.25, 0.3) is 0 Å². The molecule has 2 aromatic carbocycles. The van der Waals surface area contributed by atoms with E-state index in [-0.39, 0.29) is 17.8 Å². The van der Waals surface area contributed by atoms with E-state index >= 15 is 0 Å². The average Bonchev–Trinajstić information content (AvgIpc) is 2.69. The van der Waals surface area contributed by atoms with Crippen molar-refractivity contribution in [1.29, 1.82) is 0 Å². The molecule has 0 spiro atoms. The lowest BCUT2D eigenvalue weighted by molar-refractivity contribution is -0.126. The van der Waals surface area contributed by atoms with E-state index in [1.165, 1.54) is 6.07 Å². The standard InChI is InChI=1S/C24H30FNO2/c1-2-28-22-12-4-3-10-20(22)23-21-11-5-6-13-24(21,27)14-15-26(23)17-18-8-7-9-19(25)16-18/h3-4,7-10,12,16,21,23,27H,2,5-6,11,13-15,17H2,1H3/t21-,23+,24+/m0/s1. The zero-order valence-corrected chi connectivity index (χ0v) is 16.6. The van der Waals surface area contributed by atoms with Gasteiger partial charge in [-0.15, -0.1) is 0 Å². The van der Waals surface area contributed by atoms with Crippen molar-refractivity contribution >= 4 is 0 Å². The van der Waals surface area contributed by atoms with Gasteiger partial charge in [-0.05, 0) is 49.9 Å². The first-order chi connectivity index (χ1) is 13.6. The lowest BCUT2D eigenvalue weighted by Gasteiger charge is -2.53. The largest absolute Gasteiger partial charge is 0.494 e. The maximum absolute atomic E-state index is 13.8. The molecular weight excluding hydrogens is 353 g/mol. The van der Waals surface area contributed by atoms with Gasteiger partial charge in [0.2, 0.25) is 0 Å². The highest BCUT2D eigenvalue weighted by Crippen LogP contribution is 2.51. The van der Waals surface area contributed by atoms with Crippen LogP contribution in [0.15, 0.2) is 48.5 Å². The first kappa shape index (κ1) is 19.4.